The number of nitro benzene ring substituents is 2. The van der Waals surface area contributed by atoms with Crippen LogP contribution in [0.3, 0.4) is 0 Å². The third-order valence-electron chi connectivity index (χ3n) is 3.35. The van der Waals surface area contributed by atoms with Gasteiger partial charge in [0.05, 0.1) is 15.9 Å². The van der Waals surface area contributed by atoms with Gasteiger partial charge in [0.25, 0.3) is 11.4 Å². The Kier molecular flexibility index (Phi) is 4.39. The summed E-state index contributed by atoms with van der Waals surface area (Å²) in [6.07, 6.45) is 0.594. The zero-order chi connectivity index (χ0) is 16.5. The van der Waals surface area contributed by atoms with Gasteiger partial charge < -0.3 is 4.90 Å². The Bertz CT molecular complexity index is 719. The Labute approximate surface area is 126 Å². The Balaban J connectivity index is 2.37. The van der Waals surface area contributed by atoms with Gasteiger partial charge in [0.1, 0.15) is 0 Å². The summed E-state index contributed by atoms with van der Waals surface area (Å²) in [7, 11) is -2.29. The first kappa shape index (κ1) is 16.3. The first-order valence-electron chi connectivity index (χ1n) is 6.34. The van der Waals surface area contributed by atoms with Crippen molar-refractivity contribution in [2.24, 2.45) is 0 Å². The maximum Gasteiger partial charge on any atom is 0.296 e. The molecule has 22 heavy (non-hydrogen) atoms. The number of nitrogens with one attached hydrogen (secondary N) is 1. The fourth-order valence-corrected chi connectivity index (χ4v) is 3.72. The topological polar surface area (TPSA) is 136 Å². The van der Waals surface area contributed by atoms with Crippen LogP contribution < -0.4 is 4.72 Å². The monoisotopic (exact) mass is 330 g/mol. The first-order chi connectivity index (χ1) is 10.2. The van der Waals surface area contributed by atoms with E-state index in [0.29, 0.717) is 19.0 Å². The molecule has 120 valence electrons. The molecule has 0 amide bonds. The fraction of sp³-hybridized carbons (Fsp3) is 0.455. The van der Waals surface area contributed by atoms with Crippen LogP contribution in [-0.2, 0) is 10.0 Å². The van der Waals surface area contributed by atoms with E-state index < -0.39 is 36.1 Å². The molecule has 10 nitrogen and oxygen atoms in total. The van der Waals surface area contributed by atoms with Gasteiger partial charge in [0, 0.05) is 18.7 Å². The highest BCUT2D eigenvalue weighted by molar-refractivity contribution is 7.89. The molecule has 1 aliphatic heterocycles. The number of likely N-dealkylation sites (tertiary alicyclic amines) is 1. The van der Waals surface area contributed by atoms with Crippen molar-refractivity contribution in [1.82, 2.24) is 9.62 Å². The fourth-order valence-electron chi connectivity index (χ4n) is 2.30. The van der Waals surface area contributed by atoms with Crippen LogP contribution >= 0.6 is 0 Å². The summed E-state index contributed by atoms with van der Waals surface area (Å²) in [6, 6.07) is 2.12. The smallest absolute Gasteiger partial charge is 0.296 e. The minimum atomic E-state index is -4.13. The highest BCUT2D eigenvalue weighted by Gasteiger charge is 2.32. The predicted molar refractivity (Wildman–Crippen MR) is 76.0 cm³/mol. The minimum Gasteiger partial charge on any atom is -0.305 e. The van der Waals surface area contributed by atoms with Crippen LogP contribution in [-0.4, -0.2) is 49.3 Å². The van der Waals surface area contributed by atoms with Gasteiger partial charge in [-0.3, -0.25) is 20.2 Å². The van der Waals surface area contributed by atoms with E-state index in [1.807, 2.05) is 11.9 Å². The number of nitro groups is 2. The summed E-state index contributed by atoms with van der Waals surface area (Å²) in [6.45, 7) is 1.22. The molecule has 1 N–H and O–H groups in total. The minimum absolute atomic E-state index is 0.343. The maximum atomic E-state index is 12.3. The van der Waals surface area contributed by atoms with Crippen molar-refractivity contribution in [1.29, 1.82) is 0 Å². The number of hydrogen-bond donors (Lipinski definition) is 1. The lowest BCUT2D eigenvalue weighted by molar-refractivity contribution is -0.396. The second kappa shape index (κ2) is 5.94. The zero-order valence-electron chi connectivity index (χ0n) is 11.6. The average Bonchev–Trinajstić information content (AvgIpc) is 2.82. The second-order valence-corrected chi connectivity index (χ2v) is 6.72. The summed E-state index contributed by atoms with van der Waals surface area (Å²) < 4.78 is 27.0. The van der Waals surface area contributed by atoms with Gasteiger partial charge in [-0.15, -0.1) is 0 Å². The number of sulfonamides is 1. The standard InChI is InChI=1S/C11H14N4O6S/c1-13-5-4-8(7-13)12-22(20,21)11-3-2-9(14(16)17)6-10(11)15(18)19/h2-3,6,8,12H,4-5,7H2,1H3. The molecule has 2 rings (SSSR count). The molecule has 1 unspecified atom stereocenters. The van der Waals surface area contributed by atoms with Gasteiger partial charge in [-0.2, -0.15) is 0 Å². The van der Waals surface area contributed by atoms with Crippen LogP contribution in [0.4, 0.5) is 11.4 Å². The molecule has 1 saturated heterocycles. The number of benzene rings is 1. The van der Waals surface area contributed by atoms with Crippen molar-refractivity contribution in [3.8, 4) is 0 Å². The maximum absolute atomic E-state index is 12.3. The molecule has 1 heterocycles. The van der Waals surface area contributed by atoms with Crippen LogP contribution in [0.25, 0.3) is 0 Å². The summed E-state index contributed by atoms with van der Waals surface area (Å²) in [5.41, 5.74) is -1.35. The van der Waals surface area contributed by atoms with Crippen LogP contribution in [0.5, 0.6) is 0 Å². The van der Waals surface area contributed by atoms with E-state index in [0.717, 1.165) is 18.7 Å². The van der Waals surface area contributed by atoms with Gasteiger partial charge >= 0.3 is 0 Å². The Hall–Kier alpha value is -2.11. The lowest BCUT2D eigenvalue weighted by Gasteiger charge is -2.13. The summed E-state index contributed by atoms with van der Waals surface area (Å²) >= 11 is 0. The molecule has 1 aromatic carbocycles. The predicted octanol–water partition coefficient (Wildman–Crippen LogP) is 0.485. The third kappa shape index (κ3) is 3.37. The van der Waals surface area contributed by atoms with Crippen LogP contribution in [0.2, 0.25) is 0 Å². The third-order valence-corrected chi connectivity index (χ3v) is 4.92. The van der Waals surface area contributed by atoms with Crippen molar-refractivity contribution in [3.05, 3.63) is 38.4 Å². The van der Waals surface area contributed by atoms with E-state index in [-0.39, 0.29) is 6.04 Å². The van der Waals surface area contributed by atoms with Gasteiger partial charge in [0.2, 0.25) is 10.0 Å². The molecule has 0 aliphatic carbocycles. The highest BCUT2D eigenvalue weighted by atomic mass is 32.2. The number of non-ortho nitro benzene ring substituents is 1. The van der Waals surface area contributed by atoms with Crippen LogP contribution in [0.1, 0.15) is 6.42 Å². The van der Waals surface area contributed by atoms with Crippen molar-refractivity contribution < 1.29 is 18.3 Å². The van der Waals surface area contributed by atoms with E-state index in [4.69, 9.17) is 0 Å². The van der Waals surface area contributed by atoms with Gasteiger partial charge in [-0.1, -0.05) is 0 Å². The normalized spacial score (nSPS) is 19.2. The summed E-state index contributed by atoms with van der Waals surface area (Å²) in [5, 5.41) is 21.7. The molecule has 11 heteroatoms. The Morgan fingerprint density at radius 2 is 1.95 bits per heavy atom. The zero-order valence-corrected chi connectivity index (χ0v) is 12.4. The molecule has 1 fully saturated rings. The molecule has 0 radical (unpaired) electrons. The number of rotatable bonds is 5. The molecule has 0 bridgehead atoms. The van der Waals surface area contributed by atoms with E-state index >= 15 is 0 Å². The summed E-state index contributed by atoms with van der Waals surface area (Å²) in [4.78, 5) is 21.3. The van der Waals surface area contributed by atoms with E-state index in [2.05, 4.69) is 4.72 Å². The molecule has 1 aromatic rings. The second-order valence-electron chi connectivity index (χ2n) is 5.04. The van der Waals surface area contributed by atoms with E-state index in [1.165, 1.54) is 0 Å². The van der Waals surface area contributed by atoms with E-state index in [9.17, 15) is 28.6 Å². The molecule has 1 atom stereocenters. The SMILES string of the molecule is CN1CCC(NS(=O)(=O)c2ccc([N+](=O)[O-])cc2[N+](=O)[O-])C1. The quantitative estimate of drug-likeness (QED) is 0.612. The van der Waals surface area contributed by atoms with Crippen molar-refractivity contribution in [2.45, 2.75) is 17.4 Å². The van der Waals surface area contributed by atoms with Gasteiger partial charge in [0.15, 0.2) is 4.90 Å². The first-order valence-corrected chi connectivity index (χ1v) is 7.83. The average molecular weight is 330 g/mol. The molecule has 1 aliphatic rings. The number of likely N-dealkylation sites (N-methyl/N-ethyl adjacent to an activating group) is 1. The number of nitrogens with zero attached hydrogens (tertiary/aromatic N) is 3. The van der Waals surface area contributed by atoms with Gasteiger partial charge in [-0.25, -0.2) is 13.1 Å². The molecule has 0 aromatic heterocycles. The van der Waals surface area contributed by atoms with Crippen molar-refractivity contribution >= 4 is 21.4 Å². The van der Waals surface area contributed by atoms with E-state index in [1.54, 1.807) is 0 Å². The largest absolute Gasteiger partial charge is 0.305 e. The molecular weight excluding hydrogens is 316 g/mol. The highest BCUT2D eigenvalue weighted by Crippen LogP contribution is 2.28. The van der Waals surface area contributed by atoms with Crippen molar-refractivity contribution in [3.63, 3.8) is 0 Å². The Morgan fingerprint density at radius 1 is 1.27 bits per heavy atom. The van der Waals surface area contributed by atoms with Crippen LogP contribution in [0, 0.1) is 20.2 Å². The van der Waals surface area contributed by atoms with Gasteiger partial charge in [-0.05, 0) is 26.1 Å². The van der Waals surface area contributed by atoms with Crippen molar-refractivity contribution in [2.75, 3.05) is 20.1 Å². The molecule has 0 saturated carbocycles. The van der Waals surface area contributed by atoms with Crippen LogP contribution in [0.15, 0.2) is 23.1 Å². The molecular formula is C11H14N4O6S. The summed E-state index contributed by atoms with van der Waals surface area (Å²) in [5.74, 6) is 0. The number of hydrogen-bond acceptors (Lipinski definition) is 7. The Morgan fingerprint density at radius 3 is 2.45 bits per heavy atom. The lowest BCUT2D eigenvalue weighted by atomic mass is 10.3. The lowest BCUT2D eigenvalue weighted by Crippen LogP contribution is -2.36. The molecule has 0 spiro atoms.